The van der Waals surface area contributed by atoms with Crippen molar-refractivity contribution in [2.24, 2.45) is 5.92 Å². The molecule has 0 atom stereocenters. The Morgan fingerprint density at radius 1 is 1.24 bits per heavy atom. The van der Waals surface area contributed by atoms with E-state index in [1.54, 1.807) is 12.1 Å². The molecule has 1 amide bonds. The van der Waals surface area contributed by atoms with E-state index < -0.39 is 0 Å². The summed E-state index contributed by atoms with van der Waals surface area (Å²) in [4.78, 5) is 23.8. The molecule has 21 heavy (non-hydrogen) atoms. The van der Waals surface area contributed by atoms with Crippen molar-refractivity contribution in [2.45, 2.75) is 25.8 Å². The number of nitrogens with zero attached hydrogens (tertiary/aromatic N) is 4. The van der Waals surface area contributed by atoms with Gasteiger partial charge in [-0.2, -0.15) is 9.36 Å². The number of carbonyl (C=O) groups excluding carboxylic acids is 1. The number of tetrazole rings is 1. The molecule has 7 nitrogen and oxygen atoms in total. The summed E-state index contributed by atoms with van der Waals surface area (Å²) in [7, 11) is 0. The second-order valence-corrected chi connectivity index (χ2v) is 5.15. The average molecular weight is 287 g/mol. The van der Waals surface area contributed by atoms with Gasteiger partial charge in [-0.3, -0.25) is 4.79 Å². The van der Waals surface area contributed by atoms with Gasteiger partial charge in [0.2, 0.25) is 5.91 Å². The number of carbonyl (C=O) groups is 1. The maximum absolute atomic E-state index is 12.1. The third kappa shape index (κ3) is 2.86. The smallest absolute Gasteiger partial charge is 0.354 e. The van der Waals surface area contributed by atoms with E-state index in [2.05, 4.69) is 15.7 Å². The van der Waals surface area contributed by atoms with Crippen LogP contribution in [-0.2, 0) is 11.3 Å². The minimum absolute atomic E-state index is 0.0738. The third-order valence-corrected chi connectivity index (χ3v) is 3.74. The standard InChI is InChI=1S/C14H17N5O2/c20-13(11-5-4-6-11)15-9-10-18-14(21)19(17-16-18)12-7-2-1-3-8-12/h1-3,7-8,11H,4-6,9-10H2,(H,15,20). The SMILES string of the molecule is O=C(NCCn1nnn(-c2ccccc2)c1=O)C1CCC1. The fourth-order valence-electron chi connectivity index (χ4n) is 2.25. The molecule has 1 aliphatic carbocycles. The Balaban J connectivity index is 1.61. The molecule has 0 aliphatic heterocycles. The van der Waals surface area contributed by atoms with Crippen molar-refractivity contribution in [1.82, 2.24) is 25.1 Å². The van der Waals surface area contributed by atoms with Gasteiger partial charge in [0.25, 0.3) is 0 Å². The van der Waals surface area contributed by atoms with Crippen LogP contribution in [0.1, 0.15) is 19.3 Å². The summed E-state index contributed by atoms with van der Waals surface area (Å²) in [6, 6.07) is 9.12. The van der Waals surface area contributed by atoms with Crippen molar-refractivity contribution >= 4 is 5.91 Å². The predicted molar refractivity (Wildman–Crippen MR) is 76.0 cm³/mol. The molecule has 0 unspecified atom stereocenters. The first-order valence-corrected chi connectivity index (χ1v) is 7.11. The van der Waals surface area contributed by atoms with Crippen LogP contribution < -0.4 is 11.0 Å². The predicted octanol–water partition coefficient (Wildman–Crippen LogP) is 0.345. The lowest BCUT2D eigenvalue weighted by molar-refractivity contribution is -0.127. The molecule has 1 N–H and O–H groups in total. The minimum Gasteiger partial charge on any atom is -0.354 e. The van der Waals surface area contributed by atoms with Crippen LogP contribution in [0.15, 0.2) is 35.1 Å². The van der Waals surface area contributed by atoms with E-state index in [0.717, 1.165) is 19.3 Å². The first kappa shape index (κ1) is 13.5. The quantitative estimate of drug-likeness (QED) is 0.860. The van der Waals surface area contributed by atoms with Crippen LogP contribution in [0.4, 0.5) is 0 Å². The number of hydrogen-bond donors (Lipinski definition) is 1. The summed E-state index contributed by atoms with van der Waals surface area (Å²) in [6.07, 6.45) is 3.06. The van der Waals surface area contributed by atoms with Crippen LogP contribution in [0, 0.1) is 5.92 Å². The summed E-state index contributed by atoms with van der Waals surface area (Å²) in [6.45, 7) is 0.715. The van der Waals surface area contributed by atoms with Gasteiger partial charge in [-0.1, -0.05) is 24.6 Å². The molecule has 0 bridgehead atoms. The van der Waals surface area contributed by atoms with Crippen molar-refractivity contribution < 1.29 is 4.79 Å². The molecule has 1 fully saturated rings. The van der Waals surface area contributed by atoms with E-state index >= 15 is 0 Å². The number of benzene rings is 1. The molecule has 1 aromatic heterocycles. The summed E-state index contributed by atoms with van der Waals surface area (Å²) in [5.74, 6) is 0.228. The number of nitrogens with one attached hydrogen (secondary N) is 1. The molecule has 3 rings (SSSR count). The first-order chi connectivity index (χ1) is 10.3. The van der Waals surface area contributed by atoms with Crippen LogP contribution in [-0.4, -0.2) is 32.2 Å². The highest BCUT2D eigenvalue weighted by Crippen LogP contribution is 2.25. The lowest BCUT2D eigenvalue weighted by Crippen LogP contribution is -2.37. The fourth-order valence-corrected chi connectivity index (χ4v) is 2.25. The molecule has 1 aromatic carbocycles. The van der Waals surface area contributed by atoms with E-state index in [1.807, 2.05) is 18.2 Å². The van der Waals surface area contributed by atoms with E-state index in [9.17, 15) is 9.59 Å². The van der Waals surface area contributed by atoms with Gasteiger partial charge >= 0.3 is 5.69 Å². The van der Waals surface area contributed by atoms with Gasteiger partial charge in [0.05, 0.1) is 12.2 Å². The topological polar surface area (TPSA) is 81.8 Å². The number of aromatic nitrogens is 4. The normalized spacial score (nSPS) is 14.7. The highest BCUT2D eigenvalue weighted by atomic mass is 16.2. The Hall–Kier alpha value is -2.44. The molecule has 0 saturated heterocycles. The van der Waals surface area contributed by atoms with Crippen LogP contribution in [0.3, 0.4) is 0 Å². The Labute approximate surface area is 121 Å². The van der Waals surface area contributed by atoms with Crippen molar-refractivity contribution in [3.8, 4) is 5.69 Å². The molecule has 2 aromatic rings. The molecule has 7 heteroatoms. The molecule has 0 radical (unpaired) electrons. The summed E-state index contributed by atoms with van der Waals surface area (Å²) >= 11 is 0. The molecule has 1 heterocycles. The zero-order valence-corrected chi connectivity index (χ0v) is 11.6. The Bertz CT molecular complexity index is 672. The zero-order chi connectivity index (χ0) is 14.7. The van der Waals surface area contributed by atoms with E-state index in [-0.39, 0.29) is 17.5 Å². The highest BCUT2D eigenvalue weighted by molar-refractivity contribution is 5.79. The van der Waals surface area contributed by atoms with Crippen molar-refractivity contribution in [3.63, 3.8) is 0 Å². The van der Waals surface area contributed by atoms with Gasteiger partial charge in [0, 0.05) is 12.5 Å². The highest BCUT2D eigenvalue weighted by Gasteiger charge is 2.24. The molecular formula is C14H17N5O2. The molecule has 0 spiro atoms. The lowest BCUT2D eigenvalue weighted by Gasteiger charge is -2.23. The zero-order valence-electron chi connectivity index (χ0n) is 11.6. The largest absolute Gasteiger partial charge is 0.368 e. The van der Waals surface area contributed by atoms with Gasteiger partial charge in [0.15, 0.2) is 0 Å². The summed E-state index contributed by atoms with van der Waals surface area (Å²) in [5.41, 5.74) is 0.367. The first-order valence-electron chi connectivity index (χ1n) is 7.11. The number of hydrogen-bond acceptors (Lipinski definition) is 4. The van der Waals surface area contributed by atoms with Gasteiger partial charge < -0.3 is 5.32 Å². The van der Waals surface area contributed by atoms with Crippen LogP contribution >= 0.6 is 0 Å². The van der Waals surface area contributed by atoms with Crippen LogP contribution in [0.2, 0.25) is 0 Å². The average Bonchev–Trinajstić information content (AvgIpc) is 2.79. The number of rotatable bonds is 5. The number of amides is 1. The molecule has 1 aliphatic rings. The Morgan fingerprint density at radius 2 is 2.00 bits per heavy atom. The Kier molecular flexibility index (Phi) is 3.81. The summed E-state index contributed by atoms with van der Waals surface area (Å²) < 4.78 is 2.50. The van der Waals surface area contributed by atoms with E-state index in [0.29, 0.717) is 18.8 Å². The van der Waals surface area contributed by atoms with Crippen LogP contribution in [0.5, 0.6) is 0 Å². The molecular weight excluding hydrogens is 270 g/mol. The second kappa shape index (κ2) is 5.90. The maximum Gasteiger partial charge on any atom is 0.368 e. The van der Waals surface area contributed by atoms with Gasteiger partial charge in [-0.15, -0.1) is 0 Å². The van der Waals surface area contributed by atoms with Crippen molar-refractivity contribution in [1.29, 1.82) is 0 Å². The van der Waals surface area contributed by atoms with Crippen molar-refractivity contribution in [2.75, 3.05) is 6.54 Å². The molecule has 1 saturated carbocycles. The van der Waals surface area contributed by atoms with Gasteiger partial charge in [-0.25, -0.2) is 4.79 Å². The minimum atomic E-state index is -0.306. The maximum atomic E-state index is 12.1. The second-order valence-electron chi connectivity index (χ2n) is 5.15. The fraction of sp³-hybridized carbons (Fsp3) is 0.429. The summed E-state index contributed by atoms with van der Waals surface area (Å²) in [5, 5.41) is 10.5. The Morgan fingerprint density at radius 3 is 2.67 bits per heavy atom. The monoisotopic (exact) mass is 287 g/mol. The van der Waals surface area contributed by atoms with Gasteiger partial charge in [-0.05, 0) is 35.4 Å². The van der Waals surface area contributed by atoms with Gasteiger partial charge in [0.1, 0.15) is 0 Å². The van der Waals surface area contributed by atoms with Crippen molar-refractivity contribution in [3.05, 3.63) is 40.8 Å². The van der Waals surface area contributed by atoms with E-state index in [4.69, 9.17) is 0 Å². The van der Waals surface area contributed by atoms with Crippen LogP contribution in [0.25, 0.3) is 5.69 Å². The third-order valence-electron chi connectivity index (χ3n) is 3.74. The number of para-hydroxylation sites is 1. The van der Waals surface area contributed by atoms with E-state index in [1.165, 1.54) is 9.36 Å². The molecule has 110 valence electrons. The lowest BCUT2D eigenvalue weighted by atomic mass is 9.85.